The van der Waals surface area contributed by atoms with Crippen molar-refractivity contribution in [1.82, 2.24) is 9.24 Å². The fourth-order valence-corrected chi connectivity index (χ4v) is 4.21. The van der Waals surface area contributed by atoms with Crippen LogP contribution in [0, 0.1) is 5.92 Å². The van der Waals surface area contributed by atoms with Crippen molar-refractivity contribution in [2.75, 3.05) is 37.5 Å². The van der Waals surface area contributed by atoms with Crippen LogP contribution in [0.3, 0.4) is 0 Å². The van der Waals surface area contributed by atoms with Gasteiger partial charge in [-0.1, -0.05) is 0 Å². The molecule has 0 amide bonds. The number of piperidine rings is 1. The molecule has 2 aromatic rings. The van der Waals surface area contributed by atoms with E-state index in [4.69, 9.17) is 10.6 Å². The first-order valence-corrected chi connectivity index (χ1v) is 9.65. The van der Waals surface area contributed by atoms with Crippen LogP contribution in [0.15, 0.2) is 21.7 Å². The van der Waals surface area contributed by atoms with Crippen molar-refractivity contribution in [3.63, 3.8) is 0 Å². The van der Waals surface area contributed by atoms with Crippen LogP contribution in [0.4, 0.5) is 5.69 Å². The lowest BCUT2D eigenvalue weighted by atomic mass is 9.92. The zero-order valence-electron chi connectivity index (χ0n) is 15.9. The van der Waals surface area contributed by atoms with E-state index in [0.717, 1.165) is 37.9 Å². The summed E-state index contributed by atoms with van der Waals surface area (Å²) in [4.78, 5) is 27.4. The molecule has 2 heterocycles. The third kappa shape index (κ3) is 2.94. The summed E-state index contributed by atoms with van der Waals surface area (Å²) in [7, 11) is 1.53. The maximum atomic E-state index is 12.7. The van der Waals surface area contributed by atoms with Gasteiger partial charge >= 0.3 is 5.69 Å². The fraction of sp³-hybridized carbons (Fsp3) is 0.579. The Morgan fingerprint density at radius 2 is 2.04 bits per heavy atom. The van der Waals surface area contributed by atoms with Crippen LogP contribution >= 0.6 is 0 Å². The summed E-state index contributed by atoms with van der Waals surface area (Å²) in [6, 6.07) is 3.50. The number of nitrogen functional groups attached to an aromatic ring is 1. The maximum Gasteiger partial charge on any atom is 0.350 e. The molecule has 4 rings (SSSR count). The number of nitrogens with two attached hydrogens (primary N) is 1. The van der Waals surface area contributed by atoms with Gasteiger partial charge in [-0.3, -0.25) is 9.36 Å². The van der Waals surface area contributed by atoms with Crippen molar-refractivity contribution in [3.05, 3.63) is 33.0 Å². The molecular weight excluding hydrogens is 364 g/mol. The summed E-state index contributed by atoms with van der Waals surface area (Å²) in [5.41, 5.74) is 0.161. The van der Waals surface area contributed by atoms with E-state index in [9.17, 15) is 19.8 Å². The van der Waals surface area contributed by atoms with Crippen LogP contribution in [0.5, 0.6) is 5.75 Å². The fourth-order valence-electron chi connectivity index (χ4n) is 4.21. The Labute approximate surface area is 161 Å². The molecule has 9 nitrogen and oxygen atoms in total. The van der Waals surface area contributed by atoms with Gasteiger partial charge in [-0.25, -0.2) is 4.79 Å². The van der Waals surface area contributed by atoms with Crippen molar-refractivity contribution >= 4 is 16.6 Å². The molecule has 2 unspecified atom stereocenters. The standard InChI is InChI=1S/C19H26N4O5/c1-28-17-14(21-8-2-3-11(9-21)15(25)10-24)7-6-13-16(17)22(12-4-5-12)19(27)23(20)18(13)26/h6-7,11-12,15,24-25H,2-5,8-10,20H2,1H3. The topological polar surface area (TPSA) is 123 Å². The van der Waals surface area contributed by atoms with Gasteiger partial charge in [0.2, 0.25) is 0 Å². The molecule has 152 valence electrons. The minimum absolute atomic E-state index is 0.0138. The van der Waals surface area contributed by atoms with Crippen molar-refractivity contribution in [1.29, 1.82) is 0 Å². The predicted molar refractivity (Wildman–Crippen MR) is 105 cm³/mol. The van der Waals surface area contributed by atoms with E-state index >= 15 is 0 Å². The van der Waals surface area contributed by atoms with E-state index < -0.39 is 17.4 Å². The number of aliphatic hydroxyl groups is 2. The van der Waals surface area contributed by atoms with Gasteiger partial charge in [-0.2, -0.15) is 4.68 Å². The largest absolute Gasteiger partial charge is 0.492 e. The van der Waals surface area contributed by atoms with Gasteiger partial charge in [-0.15, -0.1) is 0 Å². The highest BCUT2D eigenvalue weighted by Gasteiger charge is 2.32. The highest BCUT2D eigenvalue weighted by Crippen LogP contribution is 2.41. The number of methoxy groups -OCH3 is 1. The Hall–Kier alpha value is -2.52. The highest BCUT2D eigenvalue weighted by atomic mass is 16.5. The van der Waals surface area contributed by atoms with Crippen LogP contribution in [0.1, 0.15) is 31.7 Å². The van der Waals surface area contributed by atoms with Gasteiger partial charge in [0.05, 0.1) is 30.9 Å². The third-order valence-corrected chi connectivity index (χ3v) is 5.86. The van der Waals surface area contributed by atoms with Gasteiger partial charge in [0.1, 0.15) is 5.52 Å². The molecule has 2 fully saturated rings. The molecular formula is C19H26N4O5. The highest BCUT2D eigenvalue weighted by molar-refractivity contribution is 5.90. The first-order chi connectivity index (χ1) is 13.5. The van der Waals surface area contributed by atoms with Crippen molar-refractivity contribution < 1.29 is 14.9 Å². The monoisotopic (exact) mass is 390 g/mol. The smallest absolute Gasteiger partial charge is 0.350 e. The first kappa shape index (κ1) is 18.8. The average molecular weight is 390 g/mol. The Morgan fingerprint density at radius 1 is 1.29 bits per heavy atom. The summed E-state index contributed by atoms with van der Waals surface area (Å²) < 4.78 is 7.93. The Bertz CT molecular complexity index is 1010. The molecule has 1 aromatic carbocycles. The second kappa shape index (κ2) is 7.14. The molecule has 2 aliphatic rings. The van der Waals surface area contributed by atoms with Crippen molar-refractivity contribution in [3.8, 4) is 5.75 Å². The lowest BCUT2D eigenvalue weighted by Crippen LogP contribution is -2.45. The van der Waals surface area contributed by atoms with E-state index in [-0.39, 0.29) is 18.6 Å². The molecule has 1 aromatic heterocycles. The van der Waals surface area contributed by atoms with Crippen molar-refractivity contribution in [2.45, 2.75) is 37.8 Å². The van der Waals surface area contributed by atoms with Crippen LogP contribution < -0.4 is 26.7 Å². The maximum absolute atomic E-state index is 12.7. The second-order valence-electron chi connectivity index (χ2n) is 7.67. The molecule has 0 radical (unpaired) electrons. The summed E-state index contributed by atoms with van der Waals surface area (Å²) in [6.45, 7) is 1.05. The number of benzene rings is 1. The molecule has 2 atom stereocenters. The number of fused-ring (bicyclic) bond motifs is 1. The van der Waals surface area contributed by atoms with Crippen LogP contribution in [0.25, 0.3) is 10.9 Å². The van der Waals surface area contributed by atoms with Crippen LogP contribution in [-0.2, 0) is 0 Å². The molecule has 1 saturated heterocycles. The van der Waals surface area contributed by atoms with Crippen LogP contribution in [-0.4, -0.2) is 52.4 Å². The van der Waals surface area contributed by atoms with Crippen LogP contribution in [0.2, 0.25) is 0 Å². The van der Waals surface area contributed by atoms with Gasteiger partial charge in [0.15, 0.2) is 5.75 Å². The van der Waals surface area contributed by atoms with E-state index in [1.54, 1.807) is 16.7 Å². The Morgan fingerprint density at radius 3 is 2.68 bits per heavy atom. The van der Waals surface area contributed by atoms with E-state index in [1.165, 1.54) is 7.11 Å². The van der Waals surface area contributed by atoms with E-state index in [2.05, 4.69) is 4.90 Å². The first-order valence-electron chi connectivity index (χ1n) is 9.65. The summed E-state index contributed by atoms with van der Waals surface area (Å²) in [6.07, 6.45) is 2.63. The van der Waals surface area contributed by atoms with Gasteiger partial charge < -0.3 is 25.7 Å². The molecule has 28 heavy (non-hydrogen) atoms. The summed E-state index contributed by atoms with van der Waals surface area (Å²) in [5.74, 6) is 6.14. The molecule has 0 bridgehead atoms. The molecule has 9 heteroatoms. The molecule has 1 saturated carbocycles. The lowest BCUT2D eigenvalue weighted by molar-refractivity contribution is 0.0414. The number of aromatic nitrogens is 2. The number of hydrogen-bond acceptors (Lipinski definition) is 7. The average Bonchev–Trinajstić information content (AvgIpc) is 3.56. The normalized spacial score (nSPS) is 21.1. The summed E-state index contributed by atoms with van der Waals surface area (Å²) >= 11 is 0. The molecule has 1 aliphatic heterocycles. The number of hydrogen-bond donors (Lipinski definition) is 3. The number of rotatable bonds is 5. The Kier molecular flexibility index (Phi) is 4.80. The Balaban J connectivity index is 1.89. The van der Waals surface area contributed by atoms with E-state index in [1.807, 2.05) is 0 Å². The zero-order valence-corrected chi connectivity index (χ0v) is 15.9. The lowest BCUT2D eigenvalue weighted by Gasteiger charge is -2.37. The van der Waals surface area contributed by atoms with Gasteiger partial charge in [0.25, 0.3) is 5.56 Å². The zero-order chi connectivity index (χ0) is 20.0. The minimum Gasteiger partial charge on any atom is -0.492 e. The van der Waals surface area contributed by atoms with Crippen molar-refractivity contribution in [2.24, 2.45) is 5.92 Å². The number of anilines is 1. The van der Waals surface area contributed by atoms with Gasteiger partial charge in [-0.05, 0) is 37.8 Å². The molecule has 4 N–H and O–H groups in total. The number of nitrogens with zero attached hydrogens (tertiary/aromatic N) is 3. The number of ether oxygens (including phenoxy) is 1. The SMILES string of the molecule is COc1c(N2CCCC(C(O)CO)C2)ccc2c(=O)n(N)c(=O)n(C3CC3)c12. The predicted octanol–water partition coefficient (Wildman–Crippen LogP) is -0.210. The quantitative estimate of drug-likeness (QED) is 0.604. The molecule has 0 spiro atoms. The second-order valence-corrected chi connectivity index (χ2v) is 7.67. The van der Waals surface area contributed by atoms with Gasteiger partial charge in [0, 0.05) is 25.0 Å². The van der Waals surface area contributed by atoms with E-state index in [0.29, 0.717) is 27.9 Å². The minimum atomic E-state index is -0.775. The third-order valence-electron chi connectivity index (χ3n) is 5.86. The number of aliphatic hydroxyl groups excluding tert-OH is 2. The summed E-state index contributed by atoms with van der Waals surface area (Å²) in [5, 5.41) is 19.7. The molecule has 1 aliphatic carbocycles.